The fourth-order valence-electron chi connectivity index (χ4n) is 3.36. The number of hydrogen-bond donors (Lipinski definition) is 2. The van der Waals surface area contributed by atoms with Gasteiger partial charge in [0.1, 0.15) is 5.75 Å². The van der Waals surface area contributed by atoms with E-state index in [2.05, 4.69) is 5.32 Å². The van der Waals surface area contributed by atoms with E-state index in [0.717, 1.165) is 19.3 Å². The Bertz CT molecular complexity index is 659. The van der Waals surface area contributed by atoms with E-state index in [0.29, 0.717) is 24.6 Å². The van der Waals surface area contributed by atoms with Crippen molar-refractivity contribution in [3.63, 3.8) is 0 Å². The first-order valence-electron chi connectivity index (χ1n) is 8.82. The molecule has 3 N–H and O–H groups in total. The number of anilines is 1. The summed E-state index contributed by atoms with van der Waals surface area (Å²) in [5, 5.41) is 4.62. The zero-order valence-electron chi connectivity index (χ0n) is 14.4. The molecule has 0 aliphatic carbocycles. The largest absolute Gasteiger partial charge is 0.494 e. The van der Waals surface area contributed by atoms with Crippen LogP contribution in [0.25, 0.3) is 0 Å². The number of benzene rings is 1. The van der Waals surface area contributed by atoms with E-state index in [1.807, 2.05) is 6.92 Å². The third kappa shape index (κ3) is 3.82. The average Bonchev–Trinajstić information content (AvgIpc) is 2.74. The highest BCUT2D eigenvalue weighted by molar-refractivity contribution is 6.21. The number of rotatable bonds is 5. The number of nitrogens with one attached hydrogen (secondary N) is 1. The van der Waals surface area contributed by atoms with E-state index in [1.54, 1.807) is 29.6 Å². The molecule has 2 aliphatic heterocycles. The van der Waals surface area contributed by atoms with E-state index in [1.165, 1.54) is 4.90 Å². The summed E-state index contributed by atoms with van der Waals surface area (Å²) in [6, 6.07) is 6.07. The molecule has 0 aromatic heterocycles. The average molecular weight is 346 g/mol. The van der Waals surface area contributed by atoms with Crippen LogP contribution in [-0.4, -0.2) is 43.0 Å². The van der Waals surface area contributed by atoms with Gasteiger partial charge in [-0.15, -0.1) is 0 Å². The first-order chi connectivity index (χ1) is 12.1. The van der Waals surface area contributed by atoms with E-state index in [9.17, 15) is 14.4 Å². The van der Waals surface area contributed by atoms with Crippen LogP contribution in [-0.2, 0) is 14.4 Å². The number of amides is 3. The van der Waals surface area contributed by atoms with E-state index >= 15 is 0 Å². The molecular weight excluding hydrogens is 322 g/mol. The zero-order valence-corrected chi connectivity index (χ0v) is 14.4. The van der Waals surface area contributed by atoms with Crippen LogP contribution in [0.2, 0.25) is 0 Å². The molecule has 0 saturated carbocycles. The predicted molar refractivity (Wildman–Crippen MR) is 91.1 cm³/mol. The van der Waals surface area contributed by atoms with Crippen molar-refractivity contribution >= 4 is 23.4 Å². The van der Waals surface area contributed by atoms with Gasteiger partial charge in [0.05, 0.1) is 18.7 Å². The van der Waals surface area contributed by atoms with Crippen molar-refractivity contribution in [3.05, 3.63) is 24.3 Å². The van der Waals surface area contributed by atoms with E-state index in [4.69, 9.17) is 4.74 Å². The minimum atomic E-state index is -0.534. The molecule has 7 nitrogen and oxygen atoms in total. The predicted octanol–water partition coefficient (Wildman–Crippen LogP) is -0.0507. The molecule has 25 heavy (non-hydrogen) atoms. The van der Waals surface area contributed by atoms with Gasteiger partial charge in [-0.1, -0.05) is 0 Å². The van der Waals surface area contributed by atoms with Gasteiger partial charge in [0, 0.05) is 13.0 Å². The van der Waals surface area contributed by atoms with Gasteiger partial charge in [0.15, 0.2) is 12.1 Å². The number of quaternary nitrogens is 1. The Labute approximate surface area is 146 Å². The highest BCUT2D eigenvalue weighted by Crippen LogP contribution is 2.24. The SMILES string of the molecule is CCOc1ccc(N2C(=O)C[C@H]([NH2+][C@@H]3CCCCNC3=O)C2=O)cc1. The molecule has 1 aromatic carbocycles. The van der Waals surface area contributed by atoms with Gasteiger partial charge < -0.3 is 15.4 Å². The normalized spacial score (nSPS) is 24.2. The van der Waals surface area contributed by atoms with Gasteiger partial charge >= 0.3 is 0 Å². The standard InChI is InChI=1S/C18H23N3O4/c1-2-25-13-8-6-12(7-9-13)21-16(22)11-15(18(21)24)20-14-5-3-4-10-19-17(14)23/h6-9,14-15,20H,2-5,10-11H2,1H3,(H,19,23)/p+1/t14-,15+/m1/s1. The van der Waals surface area contributed by atoms with Crippen LogP contribution in [0.5, 0.6) is 5.75 Å². The summed E-state index contributed by atoms with van der Waals surface area (Å²) in [6.07, 6.45) is 2.74. The van der Waals surface area contributed by atoms with Crippen LogP contribution < -0.4 is 20.3 Å². The molecule has 1 aromatic rings. The number of nitrogens with two attached hydrogens (primary N) is 1. The molecular formula is C18H24N3O4+. The Kier molecular flexibility index (Phi) is 5.33. The van der Waals surface area contributed by atoms with Crippen LogP contribution in [0.1, 0.15) is 32.6 Å². The van der Waals surface area contributed by atoms with E-state index in [-0.39, 0.29) is 30.2 Å². The Balaban J connectivity index is 1.70. The zero-order chi connectivity index (χ0) is 17.8. The molecule has 3 rings (SSSR count). The molecule has 0 radical (unpaired) electrons. The fourth-order valence-corrected chi connectivity index (χ4v) is 3.36. The second-order valence-electron chi connectivity index (χ2n) is 6.39. The third-order valence-corrected chi connectivity index (χ3v) is 4.63. The number of carbonyl (C=O) groups is 3. The summed E-state index contributed by atoms with van der Waals surface area (Å²) in [7, 11) is 0. The molecule has 2 heterocycles. The molecule has 134 valence electrons. The Hall–Kier alpha value is -2.41. The number of ether oxygens (including phenoxy) is 1. The lowest BCUT2D eigenvalue weighted by Gasteiger charge is -2.17. The highest BCUT2D eigenvalue weighted by Gasteiger charge is 2.44. The molecule has 2 atom stereocenters. The molecule has 2 aliphatic rings. The summed E-state index contributed by atoms with van der Waals surface area (Å²) in [6.45, 7) is 3.13. The first kappa shape index (κ1) is 17.4. The Morgan fingerprint density at radius 2 is 1.92 bits per heavy atom. The van der Waals surface area contributed by atoms with Crippen LogP contribution in [0, 0.1) is 0 Å². The van der Waals surface area contributed by atoms with Crippen LogP contribution in [0.4, 0.5) is 5.69 Å². The van der Waals surface area contributed by atoms with Crippen LogP contribution in [0.15, 0.2) is 24.3 Å². The molecule has 7 heteroatoms. The monoisotopic (exact) mass is 346 g/mol. The van der Waals surface area contributed by atoms with Crippen molar-refractivity contribution in [2.45, 2.75) is 44.7 Å². The first-order valence-corrected chi connectivity index (χ1v) is 8.82. The third-order valence-electron chi connectivity index (χ3n) is 4.63. The fraction of sp³-hybridized carbons (Fsp3) is 0.500. The van der Waals surface area contributed by atoms with Crippen LogP contribution >= 0.6 is 0 Å². The van der Waals surface area contributed by atoms with Gasteiger partial charge in [-0.3, -0.25) is 14.4 Å². The van der Waals surface area contributed by atoms with E-state index < -0.39 is 6.04 Å². The van der Waals surface area contributed by atoms with Gasteiger partial charge in [-0.25, -0.2) is 4.90 Å². The molecule has 2 fully saturated rings. The lowest BCUT2D eigenvalue weighted by Crippen LogP contribution is -2.98. The second-order valence-corrected chi connectivity index (χ2v) is 6.39. The van der Waals surface area contributed by atoms with Crippen molar-refractivity contribution in [3.8, 4) is 5.75 Å². The lowest BCUT2D eigenvalue weighted by molar-refractivity contribution is -0.696. The quantitative estimate of drug-likeness (QED) is 0.731. The summed E-state index contributed by atoms with van der Waals surface area (Å²) >= 11 is 0. The minimum Gasteiger partial charge on any atom is -0.494 e. The van der Waals surface area contributed by atoms with Crippen molar-refractivity contribution in [1.29, 1.82) is 0 Å². The molecule has 0 bridgehead atoms. The van der Waals surface area contributed by atoms with Crippen molar-refractivity contribution < 1.29 is 24.4 Å². The second kappa shape index (κ2) is 7.65. The molecule has 2 saturated heterocycles. The highest BCUT2D eigenvalue weighted by atomic mass is 16.5. The van der Waals surface area contributed by atoms with Gasteiger partial charge in [-0.2, -0.15) is 0 Å². The summed E-state index contributed by atoms with van der Waals surface area (Å²) in [4.78, 5) is 38.3. The maximum absolute atomic E-state index is 12.7. The van der Waals surface area contributed by atoms with Gasteiger partial charge in [-0.05, 0) is 44.0 Å². The molecule has 0 spiro atoms. The topological polar surface area (TPSA) is 92.3 Å². The summed E-state index contributed by atoms with van der Waals surface area (Å²) in [5.74, 6) is 0.163. The lowest BCUT2D eigenvalue weighted by atomic mass is 10.1. The van der Waals surface area contributed by atoms with Gasteiger partial charge in [0.2, 0.25) is 5.91 Å². The minimum absolute atomic E-state index is 0.0442. The van der Waals surface area contributed by atoms with Crippen molar-refractivity contribution in [1.82, 2.24) is 5.32 Å². The molecule has 0 unspecified atom stereocenters. The number of carbonyl (C=O) groups excluding carboxylic acids is 3. The van der Waals surface area contributed by atoms with Crippen molar-refractivity contribution in [2.75, 3.05) is 18.1 Å². The van der Waals surface area contributed by atoms with Gasteiger partial charge in [0.25, 0.3) is 11.8 Å². The number of hydrogen-bond acceptors (Lipinski definition) is 4. The smallest absolute Gasteiger partial charge is 0.292 e. The Morgan fingerprint density at radius 3 is 2.64 bits per heavy atom. The molecule has 3 amide bonds. The maximum atomic E-state index is 12.7. The summed E-state index contributed by atoms with van der Waals surface area (Å²) < 4.78 is 5.38. The number of imide groups is 1. The maximum Gasteiger partial charge on any atom is 0.292 e. The Morgan fingerprint density at radius 1 is 1.16 bits per heavy atom. The van der Waals surface area contributed by atoms with Crippen LogP contribution in [0.3, 0.4) is 0 Å². The van der Waals surface area contributed by atoms with Crippen molar-refractivity contribution in [2.24, 2.45) is 0 Å². The summed E-state index contributed by atoms with van der Waals surface area (Å²) in [5.41, 5.74) is 0.541. The number of nitrogens with zero attached hydrogens (tertiary/aromatic N) is 1.